The highest BCUT2D eigenvalue weighted by atomic mass is 19.4. The first kappa shape index (κ1) is 16.0. The molecule has 0 aromatic heterocycles. The lowest BCUT2D eigenvalue weighted by Crippen LogP contribution is -2.38. The first-order valence-electron chi connectivity index (χ1n) is 6.27. The van der Waals surface area contributed by atoms with Crippen LogP contribution < -0.4 is 11.3 Å². The molecule has 0 fully saturated rings. The molecule has 3 N–H and O–H groups in total. The molecule has 2 nitrogen and oxygen atoms in total. The van der Waals surface area contributed by atoms with Gasteiger partial charge in [0.05, 0.1) is 11.6 Å². The van der Waals surface area contributed by atoms with Crippen molar-refractivity contribution in [2.24, 2.45) is 11.3 Å². The zero-order chi connectivity index (χ0) is 14.8. The normalized spacial score (nSPS) is 14.5. The Kier molecular flexibility index (Phi) is 4.63. The monoisotopic (exact) mass is 274 g/mol. The summed E-state index contributed by atoms with van der Waals surface area (Å²) in [6.07, 6.45) is -3.45. The van der Waals surface area contributed by atoms with E-state index in [0.717, 1.165) is 18.1 Å². The highest BCUT2D eigenvalue weighted by molar-refractivity contribution is 5.35. The van der Waals surface area contributed by atoms with Gasteiger partial charge in [-0.15, -0.1) is 0 Å². The second-order valence-electron chi connectivity index (χ2n) is 5.51. The fourth-order valence-electron chi connectivity index (χ4n) is 2.12. The number of benzene rings is 1. The van der Waals surface area contributed by atoms with Crippen molar-refractivity contribution in [2.45, 2.75) is 46.3 Å². The van der Waals surface area contributed by atoms with E-state index in [0.29, 0.717) is 5.56 Å². The third kappa shape index (κ3) is 3.48. The summed E-state index contributed by atoms with van der Waals surface area (Å²) in [4.78, 5) is 0. The molecule has 1 unspecified atom stereocenters. The van der Waals surface area contributed by atoms with Gasteiger partial charge in [-0.25, -0.2) is 0 Å². The molecule has 19 heavy (non-hydrogen) atoms. The third-order valence-electron chi connectivity index (χ3n) is 3.77. The van der Waals surface area contributed by atoms with E-state index < -0.39 is 11.7 Å². The van der Waals surface area contributed by atoms with Gasteiger partial charge in [-0.3, -0.25) is 11.3 Å². The molecule has 108 valence electrons. The molecular formula is C14H21F3N2. The van der Waals surface area contributed by atoms with E-state index in [1.165, 1.54) is 12.1 Å². The van der Waals surface area contributed by atoms with Crippen LogP contribution in [0.2, 0.25) is 0 Å². The second kappa shape index (κ2) is 5.51. The lowest BCUT2D eigenvalue weighted by molar-refractivity contribution is -0.137. The molecule has 0 spiro atoms. The van der Waals surface area contributed by atoms with Crippen molar-refractivity contribution in [1.29, 1.82) is 0 Å². The molecule has 5 heteroatoms. The summed E-state index contributed by atoms with van der Waals surface area (Å²) in [6, 6.07) is 3.61. The van der Waals surface area contributed by atoms with Crippen molar-refractivity contribution >= 4 is 0 Å². The van der Waals surface area contributed by atoms with Gasteiger partial charge in [-0.2, -0.15) is 13.2 Å². The number of nitrogens with two attached hydrogens (primary N) is 1. The van der Waals surface area contributed by atoms with Gasteiger partial charge in [0.25, 0.3) is 0 Å². The number of aryl methyl sites for hydroxylation is 1. The van der Waals surface area contributed by atoms with Gasteiger partial charge in [-0.05, 0) is 42.0 Å². The Morgan fingerprint density at radius 2 is 1.84 bits per heavy atom. The number of hydrazine groups is 1. The van der Waals surface area contributed by atoms with Gasteiger partial charge >= 0.3 is 6.18 Å². The van der Waals surface area contributed by atoms with Crippen LogP contribution >= 0.6 is 0 Å². The Labute approximate surface area is 112 Å². The molecule has 0 heterocycles. The number of nitrogens with one attached hydrogen (secondary N) is 1. The molecule has 0 radical (unpaired) electrons. The molecule has 0 aliphatic heterocycles. The largest absolute Gasteiger partial charge is 0.416 e. The fourth-order valence-corrected chi connectivity index (χ4v) is 2.12. The van der Waals surface area contributed by atoms with Crippen LogP contribution in [-0.2, 0) is 6.18 Å². The molecule has 0 saturated carbocycles. The van der Waals surface area contributed by atoms with Gasteiger partial charge < -0.3 is 0 Å². The SMILES string of the molecule is CCC(C)(C)C(NN)c1ccc(C(F)(F)F)cc1C. The van der Waals surface area contributed by atoms with E-state index in [1.54, 1.807) is 6.92 Å². The Morgan fingerprint density at radius 3 is 2.21 bits per heavy atom. The minimum Gasteiger partial charge on any atom is -0.271 e. The second-order valence-corrected chi connectivity index (χ2v) is 5.51. The van der Waals surface area contributed by atoms with Crippen molar-refractivity contribution in [2.75, 3.05) is 0 Å². The van der Waals surface area contributed by atoms with E-state index in [4.69, 9.17) is 5.84 Å². The lowest BCUT2D eigenvalue weighted by atomic mass is 9.77. The number of rotatable bonds is 4. The third-order valence-corrected chi connectivity index (χ3v) is 3.77. The van der Waals surface area contributed by atoms with Crippen LogP contribution in [0.25, 0.3) is 0 Å². The Morgan fingerprint density at radius 1 is 1.26 bits per heavy atom. The van der Waals surface area contributed by atoms with Crippen LogP contribution in [0.3, 0.4) is 0 Å². The predicted octanol–water partition coefficient (Wildman–Crippen LogP) is 3.95. The van der Waals surface area contributed by atoms with Crippen molar-refractivity contribution < 1.29 is 13.2 Å². The Balaban J connectivity index is 3.21. The number of hydrogen-bond donors (Lipinski definition) is 2. The topological polar surface area (TPSA) is 38.0 Å². The van der Waals surface area contributed by atoms with E-state index in [-0.39, 0.29) is 11.5 Å². The summed E-state index contributed by atoms with van der Waals surface area (Å²) in [5, 5.41) is 0. The smallest absolute Gasteiger partial charge is 0.271 e. The highest BCUT2D eigenvalue weighted by Crippen LogP contribution is 2.38. The molecule has 0 aliphatic carbocycles. The van der Waals surface area contributed by atoms with Gasteiger partial charge in [0, 0.05) is 0 Å². The molecule has 0 amide bonds. The van der Waals surface area contributed by atoms with Crippen molar-refractivity contribution in [3.05, 3.63) is 34.9 Å². The van der Waals surface area contributed by atoms with Crippen LogP contribution in [-0.4, -0.2) is 0 Å². The van der Waals surface area contributed by atoms with E-state index in [9.17, 15) is 13.2 Å². The van der Waals surface area contributed by atoms with Crippen molar-refractivity contribution in [1.82, 2.24) is 5.43 Å². The summed E-state index contributed by atoms with van der Waals surface area (Å²) < 4.78 is 37.9. The van der Waals surface area contributed by atoms with Crippen molar-refractivity contribution in [3.63, 3.8) is 0 Å². The molecule has 1 rings (SSSR count). The summed E-state index contributed by atoms with van der Waals surface area (Å²) in [6.45, 7) is 7.79. The first-order valence-corrected chi connectivity index (χ1v) is 6.27. The molecule has 1 atom stereocenters. The summed E-state index contributed by atoms with van der Waals surface area (Å²) in [7, 11) is 0. The maximum atomic E-state index is 12.6. The minimum atomic E-state index is -4.31. The molecular weight excluding hydrogens is 253 g/mol. The summed E-state index contributed by atoms with van der Waals surface area (Å²) in [5.41, 5.74) is 3.37. The fraction of sp³-hybridized carbons (Fsp3) is 0.571. The van der Waals surface area contributed by atoms with Crippen LogP contribution in [0.1, 0.15) is 49.9 Å². The molecule has 1 aromatic carbocycles. The van der Waals surface area contributed by atoms with E-state index in [1.807, 2.05) is 20.8 Å². The van der Waals surface area contributed by atoms with Gasteiger partial charge in [-0.1, -0.05) is 26.8 Å². The van der Waals surface area contributed by atoms with E-state index >= 15 is 0 Å². The van der Waals surface area contributed by atoms with Crippen LogP contribution in [0, 0.1) is 12.3 Å². The Bertz CT molecular complexity index is 439. The standard InChI is InChI=1S/C14H21F3N2/c1-5-13(3,4)12(19-18)11-7-6-10(8-9(11)2)14(15,16)17/h6-8,12,19H,5,18H2,1-4H3. The quantitative estimate of drug-likeness (QED) is 0.644. The van der Waals surface area contributed by atoms with E-state index in [2.05, 4.69) is 5.43 Å². The molecule has 1 aromatic rings. The van der Waals surface area contributed by atoms with Gasteiger partial charge in [0.2, 0.25) is 0 Å². The summed E-state index contributed by atoms with van der Waals surface area (Å²) in [5.74, 6) is 5.59. The molecule has 0 saturated heterocycles. The lowest BCUT2D eigenvalue weighted by Gasteiger charge is -2.34. The molecule has 0 aliphatic rings. The maximum Gasteiger partial charge on any atom is 0.416 e. The first-order chi connectivity index (χ1) is 8.63. The number of halogens is 3. The maximum absolute atomic E-state index is 12.6. The predicted molar refractivity (Wildman–Crippen MR) is 70.3 cm³/mol. The van der Waals surface area contributed by atoms with Gasteiger partial charge in [0.1, 0.15) is 0 Å². The van der Waals surface area contributed by atoms with Crippen molar-refractivity contribution in [3.8, 4) is 0 Å². The van der Waals surface area contributed by atoms with Crippen LogP contribution in [0.15, 0.2) is 18.2 Å². The number of hydrogen-bond acceptors (Lipinski definition) is 2. The Hall–Kier alpha value is -1.07. The molecule has 0 bridgehead atoms. The minimum absolute atomic E-state index is 0.140. The average molecular weight is 274 g/mol. The number of alkyl halides is 3. The van der Waals surface area contributed by atoms with Gasteiger partial charge in [0.15, 0.2) is 0 Å². The zero-order valence-corrected chi connectivity index (χ0v) is 11.7. The van der Waals surface area contributed by atoms with Crippen LogP contribution in [0.4, 0.5) is 13.2 Å². The summed E-state index contributed by atoms with van der Waals surface area (Å²) >= 11 is 0. The highest BCUT2D eigenvalue weighted by Gasteiger charge is 2.33. The zero-order valence-electron chi connectivity index (χ0n) is 11.7. The van der Waals surface area contributed by atoms with Crippen LogP contribution in [0.5, 0.6) is 0 Å². The average Bonchev–Trinajstić information content (AvgIpc) is 2.30.